The van der Waals surface area contributed by atoms with Crippen molar-refractivity contribution in [2.24, 2.45) is 0 Å². The van der Waals surface area contributed by atoms with E-state index in [9.17, 15) is 9.90 Å². The van der Waals surface area contributed by atoms with Gasteiger partial charge in [-0.3, -0.25) is 4.79 Å². The van der Waals surface area contributed by atoms with Crippen LogP contribution >= 0.6 is 0 Å². The highest BCUT2D eigenvalue weighted by Gasteiger charge is 2.37. The fraction of sp³-hybridized carbons (Fsp3) is 0.385. The number of carboxylic acid groups (broad SMARTS) is 1. The maximum Gasteiger partial charge on any atom is 0.328 e. The predicted octanol–water partition coefficient (Wildman–Crippen LogP) is 1.63. The van der Waals surface area contributed by atoms with Crippen LogP contribution in [0.2, 0.25) is 0 Å². The maximum atomic E-state index is 11.3. The quantitative estimate of drug-likeness (QED) is 0.859. The number of fused-ring (bicyclic) bond motifs is 1. The number of nitriles is 1. The van der Waals surface area contributed by atoms with Crippen molar-refractivity contribution in [2.75, 3.05) is 13.2 Å². The van der Waals surface area contributed by atoms with Gasteiger partial charge in [0.2, 0.25) is 0 Å². The molecule has 1 aromatic carbocycles. The predicted molar refractivity (Wildman–Crippen MR) is 62.8 cm³/mol. The second-order valence-electron chi connectivity index (χ2n) is 4.35. The van der Waals surface area contributed by atoms with Gasteiger partial charge in [-0.2, -0.15) is 5.26 Å². The smallest absolute Gasteiger partial charge is 0.328 e. The summed E-state index contributed by atoms with van der Waals surface area (Å²) in [7, 11) is 0. The summed E-state index contributed by atoms with van der Waals surface area (Å²) in [6.45, 7) is 4.03. The van der Waals surface area contributed by atoms with Crippen molar-refractivity contribution in [1.29, 1.82) is 5.26 Å². The van der Waals surface area contributed by atoms with Gasteiger partial charge in [-0.25, -0.2) is 0 Å². The Hall–Kier alpha value is -2.22. The van der Waals surface area contributed by atoms with Gasteiger partial charge in [0, 0.05) is 0 Å². The second kappa shape index (κ2) is 4.22. The molecule has 1 N–H and O–H groups in total. The Morgan fingerprint density at radius 1 is 1.39 bits per heavy atom. The van der Waals surface area contributed by atoms with E-state index in [2.05, 4.69) is 0 Å². The minimum atomic E-state index is -1.58. The first-order chi connectivity index (χ1) is 8.49. The molecular weight excluding hydrogens is 234 g/mol. The third-order valence-electron chi connectivity index (χ3n) is 3.08. The lowest BCUT2D eigenvalue weighted by atomic mass is 9.81. The summed E-state index contributed by atoms with van der Waals surface area (Å²) in [5.74, 6) is -0.0949. The van der Waals surface area contributed by atoms with Gasteiger partial charge in [-0.15, -0.1) is 0 Å². The number of benzene rings is 1. The molecule has 1 atom stereocenters. The molecule has 5 nitrogen and oxygen atoms in total. The Morgan fingerprint density at radius 3 is 2.44 bits per heavy atom. The lowest BCUT2D eigenvalue weighted by molar-refractivity contribution is -0.141. The topological polar surface area (TPSA) is 79.6 Å². The van der Waals surface area contributed by atoms with Gasteiger partial charge in [0.25, 0.3) is 0 Å². The molecule has 0 aliphatic carbocycles. The Kier molecular flexibility index (Phi) is 2.87. The molecule has 1 aromatic rings. The first kappa shape index (κ1) is 12.2. The van der Waals surface area contributed by atoms with E-state index in [-0.39, 0.29) is 0 Å². The molecule has 1 unspecified atom stereocenters. The van der Waals surface area contributed by atoms with E-state index in [0.717, 1.165) is 0 Å². The highest BCUT2D eigenvalue weighted by Crippen LogP contribution is 2.37. The van der Waals surface area contributed by atoms with Crippen LogP contribution in [0.25, 0.3) is 0 Å². The first-order valence-corrected chi connectivity index (χ1v) is 5.54. The molecule has 18 heavy (non-hydrogen) atoms. The number of aliphatic carboxylic acids is 1. The molecule has 1 aliphatic heterocycles. The summed E-state index contributed by atoms with van der Waals surface area (Å²) < 4.78 is 10.8. The van der Waals surface area contributed by atoms with Crippen molar-refractivity contribution in [1.82, 2.24) is 0 Å². The highest BCUT2D eigenvalue weighted by molar-refractivity contribution is 5.85. The monoisotopic (exact) mass is 247 g/mol. The summed E-state index contributed by atoms with van der Waals surface area (Å²) >= 11 is 0. The van der Waals surface area contributed by atoms with E-state index in [1.54, 1.807) is 19.1 Å². The third-order valence-corrected chi connectivity index (χ3v) is 3.08. The maximum absolute atomic E-state index is 11.3. The van der Waals surface area contributed by atoms with Gasteiger partial charge in [0.1, 0.15) is 13.2 Å². The number of carbonyl (C=O) groups is 1. The van der Waals surface area contributed by atoms with Crippen molar-refractivity contribution < 1.29 is 19.4 Å². The number of nitrogens with zero attached hydrogens (tertiary/aromatic N) is 1. The van der Waals surface area contributed by atoms with Gasteiger partial charge in [0.05, 0.1) is 6.07 Å². The van der Waals surface area contributed by atoms with E-state index in [1.165, 1.54) is 6.92 Å². The van der Waals surface area contributed by atoms with Crippen LogP contribution in [0.1, 0.15) is 18.1 Å². The highest BCUT2D eigenvalue weighted by atomic mass is 16.6. The SMILES string of the molecule is Cc1cc2c(cc1C(C)(C#N)C(=O)O)OCCO2. The average molecular weight is 247 g/mol. The summed E-state index contributed by atoms with van der Waals surface area (Å²) in [6.07, 6.45) is 0. The zero-order valence-corrected chi connectivity index (χ0v) is 10.2. The van der Waals surface area contributed by atoms with Gasteiger partial charge in [-0.1, -0.05) is 0 Å². The molecule has 94 valence electrons. The first-order valence-electron chi connectivity index (χ1n) is 5.54. The molecule has 0 spiro atoms. The molecule has 0 radical (unpaired) electrons. The molecular formula is C13H13NO4. The lowest BCUT2D eigenvalue weighted by Crippen LogP contribution is -2.31. The second-order valence-corrected chi connectivity index (χ2v) is 4.35. The number of carboxylic acids is 1. The van der Waals surface area contributed by atoms with E-state index in [0.29, 0.717) is 35.8 Å². The average Bonchev–Trinajstić information content (AvgIpc) is 2.36. The number of ether oxygens (including phenoxy) is 2. The molecule has 1 heterocycles. The fourth-order valence-corrected chi connectivity index (χ4v) is 1.95. The summed E-state index contributed by atoms with van der Waals surface area (Å²) in [4.78, 5) is 11.3. The normalized spacial score (nSPS) is 16.5. The van der Waals surface area contributed by atoms with Crippen molar-refractivity contribution in [2.45, 2.75) is 19.3 Å². The minimum absolute atomic E-state index is 0.422. The standard InChI is InChI=1S/C13H13NO4/c1-8-5-10-11(18-4-3-17-10)6-9(8)13(2,7-14)12(15)16/h5-6H,3-4H2,1-2H3,(H,15,16). The van der Waals surface area contributed by atoms with Crippen LogP contribution in [-0.4, -0.2) is 24.3 Å². The van der Waals surface area contributed by atoms with Crippen LogP contribution in [0.3, 0.4) is 0 Å². The van der Waals surface area contributed by atoms with Crippen LogP contribution in [0, 0.1) is 18.3 Å². The van der Waals surface area contributed by atoms with Crippen LogP contribution in [-0.2, 0) is 10.2 Å². The van der Waals surface area contributed by atoms with Crippen LogP contribution in [0.15, 0.2) is 12.1 Å². The zero-order chi connectivity index (χ0) is 13.3. The fourth-order valence-electron chi connectivity index (χ4n) is 1.95. The molecule has 0 aromatic heterocycles. The molecule has 0 fully saturated rings. The largest absolute Gasteiger partial charge is 0.486 e. The number of hydrogen-bond donors (Lipinski definition) is 1. The van der Waals surface area contributed by atoms with Crippen molar-refractivity contribution >= 4 is 5.97 Å². The van der Waals surface area contributed by atoms with E-state index < -0.39 is 11.4 Å². The zero-order valence-electron chi connectivity index (χ0n) is 10.2. The summed E-state index contributed by atoms with van der Waals surface area (Å²) in [6, 6.07) is 5.14. The lowest BCUT2D eigenvalue weighted by Gasteiger charge is -2.24. The minimum Gasteiger partial charge on any atom is -0.486 e. The Morgan fingerprint density at radius 2 is 1.94 bits per heavy atom. The Balaban J connectivity index is 2.58. The third kappa shape index (κ3) is 1.76. The molecule has 0 saturated heterocycles. The number of aryl methyl sites for hydroxylation is 1. The number of hydrogen-bond acceptors (Lipinski definition) is 4. The van der Waals surface area contributed by atoms with Gasteiger partial charge in [-0.05, 0) is 37.1 Å². The van der Waals surface area contributed by atoms with Crippen LogP contribution < -0.4 is 9.47 Å². The van der Waals surface area contributed by atoms with Gasteiger partial charge in [0.15, 0.2) is 16.9 Å². The van der Waals surface area contributed by atoms with Gasteiger partial charge >= 0.3 is 5.97 Å². The Labute approximate surface area is 105 Å². The van der Waals surface area contributed by atoms with Gasteiger partial charge < -0.3 is 14.6 Å². The molecule has 0 saturated carbocycles. The van der Waals surface area contributed by atoms with E-state index >= 15 is 0 Å². The van der Waals surface area contributed by atoms with Crippen molar-refractivity contribution in [3.05, 3.63) is 23.3 Å². The van der Waals surface area contributed by atoms with Crippen molar-refractivity contribution in [3.8, 4) is 17.6 Å². The molecule has 1 aliphatic rings. The Bertz CT molecular complexity index is 547. The van der Waals surface area contributed by atoms with Crippen molar-refractivity contribution in [3.63, 3.8) is 0 Å². The molecule has 2 rings (SSSR count). The van der Waals surface area contributed by atoms with E-state index in [4.69, 9.17) is 14.7 Å². The molecule has 5 heteroatoms. The van der Waals surface area contributed by atoms with E-state index in [1.807, 2.05) is 6.07 Å². The molecule has 0 amide bonds. The summed E-state index contributed by atoms with van der Waals surface area (Å²) in [5.41, 5.74) is -0.452. The van der Waals surface area contributed by atoms with Crippen LogP contribution in [0.4, 0.5) is 0 Å². The summed E-state index contributed by atoms with van der Waals surface area (Å²) in [5, 5.41) is 18.4. The van der Waals surface area contributed by atoms with Crippen LogP contribution in [0.5, 0.6) is 11.5 Å². The number of rotatable bonds is 2. The molecule has 0 bridgehead atoms.